The van der Waals surface area contributed by atoms with Crippen molar-refractivity contribution in [2.24, 2.45) is 11.7 Å². The molecule has 0 radical (unpaired) electrons. The molecule has 1 aromatic carbocycles. The van der Waals surface area contributed by atoms with Gasteiger partial charge in [0.05, 0.1) is 12.1 Å². The number of benzene rings is 1. The number of nitrogens with two attached hydrogens (primary N) is 1. The molecule has 1 aliphatic carbocycles. The van der Waals surface area contributed by atoms with Crippen molar-refractivity contribution in [2.45, 2.75) is 32.2 Å². The van der Waals surface area contributed by atoms with Crippen LogP contribution in [0, 0.1) is 19.8 Å². The van der Waals surface area contributed by atoms with Crippen LogP contribution in [0.15, 0.2) is 18.2 Å². The summed E-state index contributed by atoms with van der Waals surface area (Å²) in [6.07, 6.45) is 2.52. The lowest BCUT2D eigenvalue weighted by molar-refractivity contribution is 0.120. The third-order valence-corrected chi connectivity index (χ3v) is 4.47. The average molecular weight is 262 g/mol. The van der Waals surface area contributed by atoms with Crippen molar-refractivity contribution in [3.63, 3.8) is 0 Å². The van der Waals surface area contributed by atoms with Crippen molar-refractivity contribution in [1.82, 2.24) is 0 Å². The van der Waals surface area contributed by atoms with Crippen LogP contribution in [0.5, 0.6) is 0 Å². The number of rotatable bonds is 6. The highest BCUT2D eigenvalue weighted by Crippen LogP contribution is 2.44. The van der Waals surface area contributed by atoms with Gasteiger partial charge in [-0.15, -0.1) is 0 Å². The molecule has 0 saturated heterocycles. The summed E-state index contributed by atoms with van der Waals surface area (Å²) >= 11 is 0. The van der Waals surface area contributed by atoms with E-state index in [0.29, 0.717) is 19.1 Å². The number of anilines is 1. The predicted molar refractivity (Wildman–Crippen MR) is 80.7 cm³/mol. The van der Waals surface area contributed by atoms with Crippen LogP contribution in [0.25, 0.3) is 0 Å². The molecule has 3 nitrogen and oxygen atoms in total. The summed E-state index contributed by atoms with van der Waals surface area (Å²) in [4.78, 5) is 2.35. The van der Waals surface area contributed by atoms with E-state index in [2.05, 4.69) is 44.0 Å². The summed E-state index contributed by atoms with van der Waals surface area (Å²) in [5.41, 5.74) is 9.93. The van der Waals surface area contributed by atoms with Gasteiger partial charge in [-0.3, -0.25) is 0 Å². The van der Waals surface area contributed by atoms with Crippen LogP contribution in [-0.2, 0) is 4.74 Å². The van der Waals surface area contributed by atoms with Gasteiger partial charge in [0.1, 0.15) is 0 Å². The van der Waals surface area contributed by atoms with Crippen molar-refractivity contribution < 1.29 is 4.74 Å². The first-order valence-corrected chi connectivity index (χ1v) is 7.05. The molecule has 0 aromatic heterocycles. The van der Waals surface area contributed by atoms with E-state index in [0.717, 1.165) is 0 Å². The predicted octanol–water partition coefficient (Wildman–Crippen LogP) is 2.49. The zero-order chi connectivity index (χ0) is 14.0. The summed E-state index contributed by atoms with van der Waals surface area (Å²) < 4.78 is 5.48. The Morgan fingerprint density at radius 3 is 2.53 bits per heavy atom. The highest BCUT2D eigenvalue weighted by atomic mass is 16.5. The zero-order valence-corrected chi connectivity index (χ0v) is 12.6. The summed E-state index contributed by atoms with van der Waals surface area (Å²) in [6, 6.07) is 6.60. The Morgan fingerprint density at radius 2 is 2.05 bits per heavy atom. The Bertz CT molecular complexity index is 442. The second kappa shape index (κ2) is 5.51. The van der Waals surface area contributed by atoms with Crippen LogP contribution in [0.4, 0.5) is 5.69 Å². The molecule has 3 heteroatoms. The van der Waals surface area contributed by atoms with Gasteiger partial charge in [-0.2, -0.15) is 0 Å². The summed E-state index contributed by atoms with van der Waals surface area (Å²) in [5, 5.41) is 0. The molecule has 1 aromatic rings. The summed E-state index contributed by atoms with van der Waals surface area (Å²) in [5.74, 6) is 0.656. The van der Waals surface area contributed by atoms with E-state index in [4.69, 9.17) is 10.5 Å². The van der Waals surface area contributed by atoms with Gasteiger partial charge in [0.15, 0.2) is 0 Å². The van der Waals surface area contributed by atoms with Gasteiger partial charge in [-0.1, -0.05) is 17.7 Å². The van der Waals surface area contributed by atoms with Crippen molar-refractivity contribution in [3.05, 3.63) is 29.3 Å². The molecular weight excluding hydrogens is 236 g/mol. The van der Waals surface area contributed by atoms with E-state index in [1.807, 2.05) is 0 Å². The Morgan fingerprint density at radius 1 is 1.37 bits per heavy atom. The molecule has 1 aliphatic rings. The summed E-state index contributed by atoms with van der Waals surface area (Å²) in [7, 11) is 3.92. The number of methoxy groups -OCH3 is 1. The molecule has 0 heterocycles. The van der Waals surface area contributed by atoms with Crippen LogP contribution in [-0.4, -0.2) is 32.8 Å². The molecule has 0 aliphatic heterocycles. The SMILES string of the molecule is COCC(CN)(C1CC1)N(C)c1ccc(C)cc1C. The number of hydrogen-bond acceptors (Lipinski definition) is 3. The molecule has 1 saturated carbocycles. The Labute approximate surface area is 116 Å². The number of hydrogen-bond donors (Lipinski definition) is 1. The van der Waals surface area contributed by atoms with Gasteiger partial charge >= 0.3 is 0 Å². The molecule has 0 bridgehead atoms. The molecule has 0 amide bonds. The van der Waals surface area contributed by atoms with Crippen molar-refractivity contribution in [1.29, 1.82) is 0 Å². The molecule has 1 unspecified atom stereocenters. The Hall–Kier alpha value is -1.06. The minimum Gasteiger partial charge on any atom is -0.382 e. The lowest BCUT2D eigenvalue weighted by Crippen LogP contribution is -2.57. The maximum Gasteiger partial charge on any atom is 0.0781 e. The van der Waals surface area contributed by atoms with Gasteiger partial charge < -0.3 is 15.4 Å². The topological polar surface area (TPSA) is 38.5 Å². The van der Waals surface area contributed by atoms with E-state index in [1.54, 1.807) is 7.11 Å². The van der Waals surface area contributed by atoms with Gasteiger partial charge in [-0.05, 0) is 44.2 Å². The number of aryl methyl sites for hydroxylation is 2. The number of likely N-dealkylation sites (N-methyl/N-ethyl adjacent to an activating group) is 1. The first kappa shape index (κ1) is 14.4. The number of ether oxygens (including phenoxy) is 1. The second-order valence-electron chi connectivity index (χ2n) is 5.86. The largest absolute Gasteiger partial charge is 0.382 e. The van der Waals surface area contributed by atoms with Crippen LogP contribution in [0.1, 0.15) is 24.0 Å². The average Bonchev–Trinajstić information content (AvgIpc) is 3.20. The molecule has 1 atom stereocenters. The third-order valence-electron chi connectivity index (χ3n) is 4.47. The standard InChI is InChI=1S/C16H26N2O/c1-12-5-8-15(13(2)9-12)18(3)16(10-17,11-19-4)14-6-7-14/h5,8-9,14H,6-7,10-11,17H2,1-4H3. The third kappa shape index (κ3) is 2.63. The smallest absolute Gasteiger partial charge is 0.0781 e. The fourth-order valence-corrected chi connectivity index (χ4v) is 3.14. The van der Waals surface area contributed by atoms with Crippen LogP contribution in [0.3, 0.4) is 0 Å². The van der Waals surface area contributed by atoms with E-state index in [1.165, 1.54) is 29.7 Å². The quantitative estimate of drug-likeness (QED) is 0.856. The Kier molecular flexibility index (Phi) is 4.16. The fraction of sp³-hybridized carbons (Fsp3) is 0.625. The van der Waals surface area contributed by atoms with Crippen LogP contribution >= 0.6 is 0 Å². The zero-order valence-electron chi connectivity index (χ0n) is 12.6. The van der Waals surface area contributed by atoms with E-state index >= 15 is 0 Å². The normalized spacial score (nSPS) is 18.2. The van der Waals surface area contributed by atoms with Crippen molar-refractivity contribution >= 4 is 5.69 Å². The van der Waals surface area contributed by atoms with Gasteiger partial charge in [0.25, 0.3) is 0 Å². The summed E-state index contributed by atoms with van der Waals surface area (Å²) in [6.45, 7) is 5.62. The van der Waals surface area contributed by atoms with E-state index < -0.39 is 0 Å². The van der Waals surface area contributed by atoms with Crippen LogP contribution < -0.4 is 10.6 Å². The molecule has 19 heavy (non-hydrogen) atoms. The molecular formula is C16H26N2O. The molecule has 1 fully saturated rings. The minimum absolute atomic E-state index is 0.0607. The first-order valence-electron chi connectivity index (χ1n) is 7.05. The van der Waals surface area contributed by atoms with Crippen molar-refractivity contribution in [2.75, 3.05) is 32.2 Å². The van der Waals surface area contributed by atoms with E-state index in [-0.39, 0.29) is 5.54 Å². The van der Waals surface area contributed by atoms with Gasteiger partial charge in [0.2, 0.25) is 0 Å². The second-order valence-corrected chi connectivity index (χ2v) is 5.86. The fourth-order valence-electron chi connectivity index (χ4n) is 3.14. The van der Waals surface area contributed by atoms with Crippen LogP contribution in [0.2, 0.25) is 0 Å². The van der Waals surface area contributed by atoms with Gasteiger partial charge in [0, 0.05) is 26.4 Å². The monoisotopic (exact) mass is 262 g/mol. The lowest BCUT2D eigenvalue weighted by Gasteiger charge is -2.43. The molecule has 0 spiro atoms. The van der Waals surface area contributed by atoms with Gasteiger partial charge in [-0.25, -0.2) is 0 Å². The Balaban J connectivity index is 2.35. The molecule has 106 valence electrons. The maximum atomic E-state index is 6.13. The lowest BCUT2D eigenvalue weighted by atomic mass is 9.91. The maximum absolute atomic E-state index is 6.13. The minimum atomic E-state index is -0.0607. The van der Waals surface area contributed by atoms with E-state index in [9.17, 15) is 0 Å². The highest BCUT2D eigenvalue weighted by Gasteiger charge is 2.47. The highest BCUT2D eigenvalue weighted by molar-refractivity contribution is 5.56. The molecule has 2 N–H and O–H groups in total. The first-order chi connectivity index (χ1) is 9.05. The molecule has 2 rings (SSSR count). The van der Waals surface area contributed by atoms with Crippen molar-refractivity contribution in [3.8, 4) is 0 Å². The number of nitrogens with zero attached hydrogens (tertiary/aromatic N) is 1.